The van der Waals surface area contributed by atoms with Crippen molar-refractivity contribution in [2.45, 2.75) is 400 Å². The second-order valence-corrected chi connectivity index (χ2v) is 30.3. The number of hydrogen-bond acceptors (Lipinski definition) is 15. The average Bonchev–Trinajstić information content (AvgIpc) is 1.83. The fourth-order valence-corrected chi connectivity index (χ4v) is 12.8. The number of rotatable bonds is 73. The molecular formula is C74H144O17P2. The van der Waals surface area contributed by atoms with Gasteiger partial charge < -0.3 is 33.8 Å². The van der Waals surface area contributed by atoms with Crippen LogP contribution in [0.4, 0.5) is 0 Å². The molecule has 0 aliphatic heterocycles. The number of ether oxygens (including phenoxy) is 4. The minimum Gasteiger partial charge on any atom is -0.462 e. The first kappa shape index (κ1) is 91.1. The van der Waals surface area contributed by atoms with E-state index in [2.05, 4.69) is 41.5 Å². The zero-order valence-electron chi connectivity index (χ0n) is 60.6. The van der Waals surface area contributed by atoms with Gasteiger partial charge in [0, 0.05) is 25.7 Å². The van der Waals surface area contributed by atoms with Crippen LogP contribution < -0.4 is 0 Å². The summed E-state index contributed by atoms with van der Waals surface area (Å²) in [4.78, 5) is 72.4. The number of phosphoric ester groups is 2. The zero-order valence-corrected chi connectivity index (χ0v) is 62.3. The summed E-state index contributed by atoms with van der Waals surface area (Å²) in [5.74, 6) is -0.476. The van der Waals surface area contributed by atoms with E-state index in [1.165, 1.54) is 193 Å². The highest BCUT2D eigenvalue weighted by Crippen LogP contribution is 2.45. The van der Waals surface area contributed by atoms with Crippen LogP contribution in [0.2, 0.25) is 0 Å². The summed E-state index contributed by atoms with van der Waals surface area (Å²) >= 11 is 0. The molecule has 0 aliphatic rings. The number of phosphoric acid groups is 2. The van der Waals surface area contributed by atoms with E-state index in [-0.39, 0.29) is 25.7 Å². The first-order valence-electron chi connectivity index (χ1n) is 38.5. The van der Waals surface area contributed by atoms with Gasteiger partial charge in [-0.1, -0.05) is 330 Å². The summed E-state index contributed by atoms with van der Waals surface area (Å²) in [6.07, 6.45) is 53.0. The maximum Gasteiger partial charge on any atom is 0.472 e. The molecule has 0 aliphatic carbocycles. The summed E-state index contributed by atoms with van der Waals surface area (Å²) in [6, 6.07) is 0. The Morgan fingerprint density at radius 1 is 0.312 bits per heavy atom. The average molecular weight is 1370 g/mol. The third-order valence-electron chi connectivity index (χ3n) is 17.6. The first-order valence-corrected chi connectivity index (χ1v) is 41.5. The van der Waals surface area contributed by atoms with Crippen LogP contribution in [0, 0.1) is 11.8 Å². The number of hydrogen-bond donors (Lipinski definition) is 3. The van der Waals surface area contributed by atoms with Crippen LogP contribution in [0.1, 0.15) is 382 Å². The topological polar surface area (TPSA) is 237 Å². The lowest BCUT2D eigenvalue weighted by Crippen LogP contribution is -2.30. The van der Waals surface area contributed by atoms with Crippen LogP contribution in [0.25, 0.3) is 0 Å². The third kappa shape index (κ3) is 67.0. The van der Waals surface area contributed by atoms with Crippen molar-refractivity contribution in [2.75, 3.05) is 39.6 Å². The Labute approximate surface area is 568 Å². The molecule has 552 valence electrons. The summed E-state index contributed by atoms with van der Waals surface area (Å²) in [7, 11) is -9.90. The lowest BCUT2D eigenvalue weighted by Gasteiger charge is -2.21. The number of unbranched alkanes of at least 4 members (excludes halogenated alkanes) is 42. The van der Waals surface area contributed by atoms with Gasteiger partial charge in [0.2, 0.25) is 0 Å². The molecule has 0 bridgehead atoms. The van der Waals surface area contributed by atoms with Gasteiger partial charge in [0.15, 0.2) is 12.2 Å². The van der Waals surface area contributed by atoms with E-state index in [0.717, 1.165) is 108 Å². The van der Waals surface area contributed by atoms with E-state index >= 15 is 0 Å². The van der Waals surface area contributed by atoms with Crippen molar-refractivity contribution in [2.24, 2.45) is 11.8 Å². The minimum atomic E-state index is -4.95. The number of aliphatic hydroxyl groups excluding tert-OH is 1. The van der Waals surface area contributed by atoms with E-state index in [1.54, 1.807) is 0 Å². The molecule has 93 heavy (non-hydrogen) atoms. The Bertz CT molecular complexity index is 1810. The number of esters is 4. The molecule has 0 spiro atoms. The van der Waals surface area contributed by atoms with Gasteiger partial charge in [0.25, 0.3) is 0 Å². The largest absolute Gasteiger partial charge is 0.472 e. The van der Waals surface area contributed by atoms with Gasteiger partial charge >= 0.3 is 39.5 Å². The van der Waals surface area contributed by atoms with Crippen LogP contribution >= 0.6 is 15.6 Å². The van der Waals surface area contributed by atoms with Crippen LogP contribution in [-0.2, 0) is 65.4 Å². The fourth-order valence-electron chi connectivity index (χ4n) is 11.3. The molecule has 3 unspecified atom stereocenters. The molecule has 0 heterocycles. The SMILES string of the molecule is CCCCCCCCCCCCCCC(=O)O[C@H](COC(=O)CCCCCCC)COP(=O)(O)OC[C@H](O)COP(=O)(O)OC[C@@H](COC(=O)CCCCCCCCCCCCCCCCC(C)CC)OC(=O)CCCCCCCCCCCCCCCCCC(C)C. The lowest BCUT2D eigenvalue weighted by molar-refractivity contribution is -0.161. The molecule has 0 aromatic rings. The van der Waals surface area contributed by atoms with E-state index in [4.69, 9.17) is 37.0 Å². The van der Waals surface area contributed by atoms with Gasteiger partial charge in [0.05, 0.1) is 26.4 Å². The predicted molar refractivity (Wildman–Crippen MR) is 377 cm³/mol. The molecule has 0 radical (unpaired) electrons. The van der Waals surface area contributed by atoms with Crippen molar-refractivity contribution in [1.29, 1.82) is 0 Å². The molecule has 19 heteroatoms. The summed E-state index contributed by atoms with van der Waals surface area (Å²) < 4.78 is 68.2. The maximum absolute atomic E-state index is 13.1. The smallest absolute Gasteiger partial charge is 0.462 e. The predicted octanol–water partition coefficient (Wildman–Crippen LogP) is 21.6. The van der Waals surface area contributed by atoms with E-state index < -0.39 is 97.5 Å². The molecule has 0 aromatic carbocycles. The maximum atomic E-state index is 13.1. The van der Waals surface area contributed by atoms with Gasteiger partial charge in [-0.3, -0.25) is 37.3 Å². The minimum absolute atomic E-state index is 0.106. The molecule has 0 saturated heterocycles. The number of carbonyl (C=O) groups is 4. The molecule has 0 fully saturated rings. The van der Waals surface area contributed by atoms with E-state index in [0.29, 0.717) is 25.7 Å². The van der Waals surface area contributed by atoms with E-state index in [1.807, 2.05) is 0 Å². The number of carbonyl (C=O) groups excluding carboxylic acids is 4. The third-order valence-corrected chi connectivity index (χ3v) is 19.5. The normalized spacial score (nSPS) is 14.3. The Morgan fingerprint density at radius 3 is 0.817 bits per heavy atom. The Balaban J connectivity index is 5.15. The summed E-state index contributed by atoms with van der Waals surface area (Å²) in [5.41, 5.74) is 0. The standard InChI is InChI=1S/C74H144O17P2/c1-7-10-12-14-15-16-17-29-35-40-46-52-58-73(78)90-69(62-84-71(76)56-50-42-13-11-8-2)64-88-92(80,81)86-60-68(75)61-87-93(82,83)89-65-70(91-74(79)59-53-47-41-36-31-26-20-18-19-23-27-32-37-43-48-54-66(4)5)63-85-72(77)57-51-45-39-34-30-25-22-21-24-28-33-38-44-49-55-67(6)9-3/h66-70,75H,7-65H2,1-6H3,(H,80,81)(H,82,83)/t67?,68-,69+,70+/m0/s1. The van der Waals surface area contributed by atoms with Gasteiger partial charge in [-0.25, -0.2) is 9.13 Å². The van der Waals surface area contributed by atoms with Crippen LogP contribution in [0.15, 0.2) is 0 Å². The summed E-state index contributed by atoms with van der Waals surface area (Å²) in [6.45, 7) is 9.58. The Kier molecular flexibility index (Phi) is 64.6. The van der Waals surface area contributed by atoms with Gasteiger partial charge in [-0.2, -0.15) is 0 Å². The quantitative estimate of drug-likeness (QED) is 0.0222. The molecule has 3 N–H and O–H groups in total. The zero-order chi connectivity index (χ0) is 68.6. The van der Waals surface area contributed by atoms with Gasteiger partial charge in [0.1, 0.15) is 19.3 Å². The van der Waals surface area contributed by atoms with Crippen molar-refractivity contribution in [1.82, 2.24) is 0 Å². The highest BCUT2D eigenvalue weighted by molar-refractivity contribution is 7.47. The van der Waals surface area contributed by atoms with Crippen LogP contribution in [0.5, 0.6) is 0 Å². The number of aliphatic hydroxyl groups is 1. The second-order valence-electron chi connectivity index (χ2n) is 27.4. The highest BCUT2D eigenvalue weighted by Gasteiger charge is 2.30. The van der Waals surface area contributed by atoms with Crippen molar-refractivity contribution >= 4 is 39.5 Å². The molecule has 0 saturated carbocycles. The Hall–Kier alpha value is -1.94. The highest BCUT2D eigenvalue weighted by atomic mass is 31.2. The molecular weight excluding hydrogens is 1220 g/mol. The molecule has 0 aromatic heterocycles. The van der Waals surface area contributed by atoms with Gasteiger partial charge in [-0.05, 0) is 37.5 Å². The second kappa shape index (κ2) is 66.0. The molecule has 6 atom stereocenters. The summed E-state index contributed by atoms with van der Waals surface area (Å²) in [5, 5.41) is 10.6. The van der Waals surface area contributed by atoms with Crippen molar-refractivity contribution in [3.8, 4) is 0 Å². The van der Waals surface area contributed by atoms with Gasteiger partial charge in [-0.15, -0.1) is 0 Å². The van der Waals surface area contributed by atoms with Crippen molar-refractivity contribution in [3.05, 3.63) is 0 Å². The fraction of sp³-hybridized carbons (Fsp3) is 0.946. The van der Waals surface area contributed by atoms with Crippen LogP contribution in [-0.4, -0.2) is 96.7 Å². The molecule has 0 amide bonds. The molecule has 17 nitrogen and oxygen atoms in total. The monoisotopic (exact) mass is 1370 g/mol. The van der Waals surface area contributed by atoms with Crippen LogP contribution in [0.3, 0.4) is 0 Å². The van der Waals surface area contributed by atoms with Crippen molar-refractivity contribution in [3.63, 3.8) is 0 Å². The first-order chi connectivity index (χ1) is 44.9. The lowest BCUT2D eigenvalue weighted by atomic mass is 9.99. The Morgan fingerprint density at radius 2 is 0.548 bits per heavy atom. The van der Waals surface area contributed by atoms with Crippen molar-refractivity contribution < 1.29 is 80.2 Å². The van der Waals surface area contributed by atoms with E-state index in [9.17, 15) is 43.2 Å². The molecule has 0 rings (SSSR count).